The van der Waals surface area contributed by atoms with Crippen LogP contribution in [0.15, 0.2) is 48.2 Å². The number of nitrogens with one attached hydrogen (secondary N) is 1. The Balaban J connectivity index is 0.000000305. The van der Waals surface area contributed by atoms with Gasteiger partial charge in [-0.05, 0) is 38.7 Å². The Kier molecular flexibility index (Phi) is 6.11. The summed E-state index contributed by atoms with van der Waals surface area (Å²) in [6.07, 6.45) is 6.82. The minimum atomic E-state index is -0.321. The molecule has 3 aromatic rings. The lowest BCUT2D eigenvalue weighted by Gasteiger charge is -2.23. The van der Waals surface area contributed by atoms with Crippen LogP contribution < -0.4 is 5.49 Å². The number of nitrogens with zero attached hydrogens (tertiary/aromatic N) is 4. The molecule has 2 aromatic heterocycles. The van der Waals surface area contributed by atoms with Crippen molar-refractivity contribution in [3.8, 4) is 0 Å². The predicted octanol–water partition coefficient (Wildman–Crippen LogP) is 3.84. The molecule has 1 aliphatic carbocycles. The number of methoxy groups -OCH3 is 1. The summed E-state index contributed by atoms with van der Waals surface area (Å²) in [4.78, 5) is 16.9. The standard InChI is InChI=1S/C18H21N5O.C5H8O/c1-5-19-16-14-17(22-15(21-14)12(2)3)23(11-20-16)18(24-4)13-9-7-6-8-10-13;1-2-5-3-4(1)6-5/h6-11,18H,2,5H2,1,3-4H3,(H,21,22);4-5H,1-3H2. The number of aromatic nitrogens is 4. The van der Waals surface area contributed by atoms with E-state index in [-0.39, 0.29) is 6.23 Å². The molecule has 3 unspecified atom stereocenters. The van der Waals surface area contributed by atoms with Crippen LogP contribution in [0.25, 0.3) is 16.7 Å². The first-order valence-corrected chi connectivity index (χ1v) is 10.5. The summed E-state index contributed by atoms with van der Waals surface area (Å²) in [5.74, 6) is 0.724. The largest absolute Gasteiger partial charge is 0.375 e. The second-order valence-corrected chi connectivity index (χ2v) is 7.71. The smallest absolute Gasteiger partial charge is 0.176 e. The molecule has 6 rings (SSSR count). The van der Waals surface area contributed by atoms with Crippen LogP contribution in [0.4, 0.5) is 0 Å². The minimum Gasteiger partial charge on any atom is -0.375 e. The number of H-pyrrole nitrogens is 1. The molecule has 3 atom stereocenters. The lowest BCUT2D eigenvalue weighted by molar-refractivity contribution is -0.0647. The molecule has 1 saturated carbocycles. The first-order valence-electron chi connectivity index (χ1n) is 10.5. The third kappa shape index (κ3) is 4.08. The van der Waals surface area contributed by atoms with Gasteiger partial charge in [-0.3, -0.25) is 9.56 Å². The fourth-order valence-electron chi connectivity index (χ4n) is 3.91. The number of allylic oxidation sites excluding steroid dienone is 1. The molecule has 0 amide bonds. The molecule has 3 fully saturated rings. The highest BCUT2D eigenvalue weighted by molar-refractivity contribution is 5.74. The summed E-state index contributed by atoms with van der Waals surface area (Å²) in [6, 6.07) is 9.98. The van der Waals surface area contributed by atoms with E-state index in [2.05, 4.69) is 26.5 Å². The molecular weight excluding hydrogens is 378 g/mol. The van der Waals surface area contributed by atoms with Crippen molar-refractivity contribution in [1.29, 1.82) is 0 Å². The molecule has 0 spiro atoms. The summed E-state index contributed by atoms with van der Waals surface area (Å²) in [5, 5.41) is 0. The van der Waals surface area contributed by atoms with Crippen LogP contribution in [-0.4, -0.2) is 45.4 Å². The SMILES string of the molecule is C1CC2CC1O2.C=C(C)c1nc2c([nH]1)c(=NCC)ncn2C(OC)c1ccccc1. The number of hydrogen-bond acceptors (Lipinski definition) is 5. The number of benzene rings is 1. The average molecular weight is 408 g/mol. The first kappa shape index (κ1) is 20.5. The summed E-state index contributed by atoms with van der Waals surface area (Å²) in [6.45, 7) is 8.51. The molecule has 158 valence electrons. The lowest BCUT2D eigenvalue weighted by Crippen LogP contribution is -2.25. The minimum absolute atomic E-state index is 0.321. The molecule has 2 bridgehead atoms. The number of imidazole rings is 1. The van der Waals surface area contributed by atoms with E-state index in [0.717, 1.165) is 28.1 Å². The number of aromatic amines is 1. The zero-order valence-electron chi connectivity index (χ0n) is 17.8. The van der Waals surface area contributed by atoms with E-state index in [1.165, 1.54) is 19.3 Å². The Morgan fingerprint density at radius 2 is 2.03 bits per heavy atom. The fourth-order valence-corrected chi connectivity index (χ4v) is 3.91. The Morgan fingerprint density at radius 3 is 2.57 bits per heavy atom. The van der Waals surface area contributed by atoms with Gasteiger partial charge in [-0.15, -0.1) is 0 Å². The Hall–Kier alpha value is -2.77. The molecule has 30 heavy (non-hydrogen) atoms. The molecular formula is C23H29N5O2. The maximum atomic E-state index is 5.72. The molecule has 2 aliphatic heterocycles. The Labute approximate surface area is 176 Å². The van der Waals surface area contributed by atoms with E-state index in [1.807, 2.05) is 48.7 Å². The van der Waals surface area contributed by atoms with Gasteiger partial charge in [-0.1, -0.05) is 36.9 Å². The molecule has 3 aliphatic rings. The highest BCUT2D eigenvalue weighted by atomic mass is 16.5. The summed E-state index contributed by atoms with van der Waals surface area (Å²) < 4.78 is 12.9. The van der Waals surface area contributed by atoms with Crippen LogP contribution in [0.3, 0.4) is 0 Å². The van der Waals surface area contributed by atoms with Gasteiger partial charge in [0.2, 0.25) is 0 Å². The van der Waals surface area contributed by atoms with E-state index in [1.54, 1.807) is 13.4 Å². The van der Waals surface area contributed by atoms with Crippen molar-refractivity contribution in [1.82, 2.24) is 19.5 Å². The van der Waals surface area contributed by atoms with Crippen LogP contribution in [0.5, 0.6) is 0 Å². The van der Waals surface area contributed by atoms with Gasteiger partial charge >= 0.3 is 0 Å². The third-order valence-corrected chi connectivity index (χ3v) is 5.45. The topological polar surface area (TPSA) is 77.3 Å². The number of rotatable bonds is 5. The summed E-state index contributed by atoms with van der Waals surface area (Å²) in [5.41, 5.74) is 4.05. The monoisotopic (exact) mass is 407 g/mol. The van der Waals surface area contributed by atoms with Gasteiger partial charge in [0.25, 0.3) is 0 Å². The molecule has 7 heteroatoms. The molecule has 0 radical (unpaired) electrons. The van der Waals surface area contributed by atoms with Crippen LogP contribution >= 0.6 is 0 Å². The van der Waals surface area contributed by atoms with Crippen molar-refractivity contribution in [3.63, 3.8) is 0 Å². The van der Waals surface area contributed by atoms with Gasteiger partial charge in [0.05, 0.1) is 12.2 Å². The third-order valence-electron chi connectivity index (χ3n) is 5.45. The summed E-state index contributed by atoms with van der Waals surface area (Å²) >= 11 is 0. The molecule has 1 N–H and O–H groups in total. The predicted molar refractivity (Wildman–Crippen MR) is 117 cm³/mol. The normalized spacial score (nSPS) is 21.1. The van der Waals surface area contributed by atoms with Crippen molar-refractivity contribution < 1.29 is 9.47 Å². The highest BCUT2D eigenvalue weighted by Gasteiger charge is 2.36. The van der Waals surface area contributed by atoms with Crippen LogP contribution in [0.1, 0.15) is 50.7 Å². The van der Waals surface area contributed by atoms with Gasteiger partial charge in [0.15, 0.2) is 17.4 Å². The van der Waals surface area contributed by atoms with Gasteiger partial charge in [0.1, 0.15) is 17.7 Å². The van der Waals surface area contributed by atoms with Crippen molar-refractivity contribution in [2.24, 2.45) is 4.99 Å². The van der Waals surface area contributed by atoms with Crippen molar-refractivity contribution in [2.75, 3.05) is 13.7 Å². The van der Waals surface area contributed by atoms with Crippen LogP contribution in [-0.2, 0) is 9.47 Å². The molecule has 7 nitrogen and oxygen atoms in total. The van der Waals surface area contributed by atoms with Gasteiger partial charge in [0, 0.05) is 19.2 Å². The highest BCUT2D eigenvalue weighted by Crippen LogP contribution is 2.36. The average Bonchev–Trinajstić information content (AvgIpc) is 3.48. The quantitative estimate of drug-likeness (QED) is 0.697. The van der Waals surface area contributed by atoms with Crippen molar-refractivity contribution in [2.45, 2.75) is 51.5 Å². The van der Waals surface area contributed by atoms with Crippen LogP contribution in [0.2, 0.25) is 0 Å². The van der Waals surface area contributed by atoms with Crippen molar-refractivity contribution >= 4 is 16.7 Å². The second kappa shape index (κ2) is 8.93. The number of ether oxygens (including phenoxy) is 2. The van der Waals surface area contributed by atoms with E-state index in [9.17, 15) is 0 Å². The van der Waals surface area contributed by atoms with E-state index in [0.29, 0.717) is 24.2 Å². The van der Waals surface area contributed by atoms with Gasteiger partial charge in [-0.25, -0.2) is 9.97 Å². The number of hydrogen-bond donors (Lipinski definition) is 1. The maximum absolute atomic E-state index is 5.72. The fraction of sp³-hybridized carbons (Fsp3) is 0.435. The lowest BCUT2D eigenvalue weighted by atomic mass is 10.2. The first-order chi connectivity index (χ1) is 14.6. The molecule has 4 heterocycles. The van der Waals surface area contributed by atoms with Gasteiger partial charge in [-0.2, -0.15) is 0 Å². The number of fused-ring (bicyclic) bond motifs is 2. The molecule has 2 saturated heterocycles. The van der Waals surface area contributed by atoms with E-state index < -0.39 is 0 Å². The van der Waals surface area contributed by atoms with Gasteiger partial charge < -0.3 is 14.5 Å². The maximum Gasteiger partial charge on any atom is 0.176 e. The Bertz CT molecular complexity index is 1070. The zero-order valence-corrected chi connectivity index (χ0v) is 17.8. The Morgan fingerprint density at radius 1 is 1.33 bits per heavy atom. The summed E-state index contributed by atoms with van der Waals surface area (Å²) in [7, 11) is 1.67. The van der Waals surface area contributed by atoms with Crippen molar-refractivity contribution in [3.05, 3.63) is 60.1 Å². The van der Waals surface area contributed by atoms with E-state index >= 15 is 0 Å². The second-order valence-electron chi connectivity index (χ2n) is 7.71. The van der Waals surface area contributed by atoms with Crippen LogP contribution in [0, 0.1) is 0 Å². The zero-order chi connectivity index (χ0) is 21.1. The van der Waals surface area contributed by atoms with E-state index in [4.69, 9.17) is 9.47 Å². The molecule has 1 aromatic carbocycles.